The third-order valence-corrected chi connectivity index (χ3v) is 3.37. The molecule has 0 spiro atoms. The summed E-state index contributed by atoms with van der Waals surface area (Å²) in [5, 5.41) is 12.6. The van der Waals surface area contributed by atoms with Gasteiger partial charge < -0.3 is 5.73 Å². The summed E-state index contributed by atoms with van der Waals surface area (Å²) in [6, 6.07) is 9.47. The maximum absolute atomic E-state index is 5.88. The Hall–Kier alpha value is -1.95. The van der Waals surface area contributed by atoms with Crippen molar-refractivity contribution < 1.29 is 0 Å². The molecule has 0 aliphatic rings. The van der Waals surface area contributed by atoms with Gasteiger partial charge in [0, 0.05) is 15.7 Å². The number of aryl methyl sites for hydroxylation is 1. The van der Waals surface area contributed by atoms with Crippen molar-refractivity contribution in [2.45, 2.75) is 6.92 Å². The van der Waals surface area contributed by atoms with Gasteiger partial charge in [0.05, 0.1) is 5.69 Å². The minimum absolute atomic E-state index is 0.664. The molecule has 0 saturated carbocycles. The van der Waals surface area contributed by atoms with Gasteiger partial charge in [0.1, 0.15) is 0 Å². The molecule has 2 heterocycles. The van der Waals surface area contributed by atoms with Gasteiger partial charge in [-0.2, -0.15) is 9.61 Å². The molecule has 2 N–H and O–H groups in total. The van der Waals surface area contributed by atoms with Crippen LogP contribution in [0.15, 0.2) is 34.8 Å². The molecule has 3 aromatic rings. The number of rotatable bonds is 1. The van der Waals surface area contributed by atoms with Crippen LogP contribution in [0.4, 0.5) is 5.69 Å². The number of anilines is 1. The van der Waals surface area contributed by atoms with E-state index in [4.69, 9.17) is 5.73 Å². The monoisotopic (exact) mass is 303 g/mol. The fourth-order valence-electron chi connectivity index (χ4n) is 1.74. The van der Waals surface area contributed by atoms with Crippen LogP contribution in [0.3, 0.4) is 0 Å². The van der Waals surface area contributed by atoms with Gasteiger partial charge in [0.25, 0.3) is 0 Å². The van der Waals surface area contributed by atoms with Crippen LogP contribution in [0.25, 0.3) is 17.0 Å². The molecular formula is C12H10BrN5. The Morgan fingerprint density at radius 2 is 2.00 bits per heavy atom. The van der Waals surface area contributed by atoms with Gasteiger partial charge in [-0.15, -0.1) is 10.2 Å². The van der Waals surface area contributed by atoms with Gasteiger partial charge in [-0.05, 0) is 53.2 Å². The minimum atomic E-state index is 0.664. The lowest BCUT2D eigenvalue weighted by Crippen LogP contribution is -1.97. The van der Waals surface area contributed by atoms with Crippen molar-refractivity contribution in [3.63, 3.8) is 0 Å². The fraction of sp³-hybridized carbons (Fsp3) is 0.0833. The summed E-state index contributed by atoms with van der Waals surface area (Å²) in [6.45, 7) is 1.93. The van der Waals surface area contributed by atoms with E-state index >= 15 is 0 Å². The Morgan fingerprint density at radius 1 is 1.17 bits per heavy atom. The number of aromatic nitrogens is 4. The zero-order chi connectivity index (χ0) is 12.7. The summed E-state index contributed by atoms with van der Waals surface area (Å²) in [5.74, 6) is 0.688. The second kappa shape index (κ2) is 4.06. The highest BCUT2D eigenvalue weighted by Gasteiger charge is 2.10. The number of nitrogen functional groups attached to an aromatic ring is 1. The van der Waals surface area contributed by atoms with Gasteiger partial charge in [0.15, 0.2) is 11.5 Å². The van der Waals surface area contributed by atoms with Crippen molar-refractivity contribution in [2.24, 2.45) is 0 Å². The number of nitrogens with two attached hydrogens (primary N) is 1. The normalized spacial score (nSPS) is 11.0. The SMILES string of the molecule is Cc1ccc2nnc(-c3ccc(Br)c(N)c3)n2n1. The van der Waals surface area contributed by atoms with Gasteiger partial charge in [-0.1, -0.05) is 0 Å². The molecular weight excluding hydrogens is 294 g/mol. The van der Waals surface area contributed by atoms with Crippen LogP contribution in [0.5, 0.6) is 0 Å². The maximum atomic E-state index is 5.88. The first-order valence-electron chi connectivity index (χ1n) is 5.39. The van der Waals surface area contributed by atoms with E-state index in [1.807, 2.05) is 37.3 Å². The van der Waals surface area contributed by atoms with Crippen LogP contribution in [0, 0.1) is 6.92 Å². The molecule has 1 aromatic carbocycles. The smallest absolute Gasteiger partial charge is 0.185 e. The van der Waals surface area contributed by atoms with Gasteiger partial charge >= 0.3 is 0 Å². The molecule has 0 aliphatic carbocycles. The minimum Gasteiger partial charge on any atom is -0.398 e. The molecule has 0 fully saturated rings. The van der Waals surface area contributed by atoms with Crippen LogP contribution in [0.1, 0.15) is 5.69 Å². The molecule has 0 unspecified atom stereocenters. The first-order valence-corrected chi connectivity index (χ1v) is 6.19. The summed E-state index contributed by atoms with van der Waals surface area (Å²) in [4.78, 5) is 0. The molecule has 0 atom stereocenters. The molecule has 6 heteroatoms. The van der Waals surface area contributed by atoms with E-state index in [2.05, 4.69) is 31.2 Å². The van der Waals surface area contributed by atoms with Crippen LogP contribution in [0.2, 0.25) is 0 Å². The third-order valence-electron chi connectivity index (χ3n) is 2.65. The second-order valence-electron chi connectivity index (χ2n) is 4.00. The first-order chi connectivity index (χ1) is 8.65. The zero-order valence-corrected chi connectivity index (χ0v) is 11.2. The van der Waals surface area contributed by atoms with E-state index in [9.17, 15) is 0 Å². The molecule has 0 aliphatic heterocycles. The lowest BCUT2D eigenvalue weighted by Gasteiger charge is -2.02. The number of fused-ring (bicyclic) bond motifs is 1. The summed E-state index contributed by atoms with van der Waals surface area (Å²) in [6.07, 6.45) is 0. The van der Waals surface area contributed by atoms with Crippen LogP contribution < -0.4 is 5.73 Å². The van der Waals surface area contributed by atoms with E-state index in [0.29, 0.717) is 11.5 Å². The van der Waals surface area contributed by atoms with E-state index in [1.165, 1.54) is 0 Å². The van der Waals surface area contributed by atoms with Crippen molar-refractivity contribution in [3.05, 3.63) is 40.5 Å². The van der Waals surface area contributed by atoms with Crippen LogP contribution in [-0.2, 0) is 0 Å². The average molecular weight is 304 g/mol. The Bertz CT molecular complexity index is 734. The molecule has 2 aromatic heterocycles. The predicted octanol–water partition coefficient (Wildman–Crippen LogP) is 2.44. The molecule has 3 rings (SSSR count). The topological polar surface area (TPSA) is 69.1 Å². The van der Waals surface area contributed by atoms with Crippen LogP contribution in [-0.4, -0.2) is 19.8 Å². The Labute approximate surface area is 112 Å². The molecule has 0 radical (unpaired) electrons. The number of nitrogens with zero attached hydrogens (tertiary/aromatic N) is 4. The molecule has 0 amide bonds. The fourth-order valence-corrected chi connectivity index (χ4v) is 1.99. The lowest BCUT2D eigenvalue weighted by molar-refractivity contribution is 0.902. The summed E-state index contributed by atoms with van der Waals surface area (Å²) in [7, 11) is 0. The summed E-state index contributed by atoms with van der Waals surface area (Å²) >= 11 is 3.37. The maximum Gasteiger partial charge on any atom is 0.185 e. The Morgan fingerprint density at radius 3 is 2.78 bits per heavy atom. The lowest BCUT2D eigenvalue weighted by atomic mass is 10.2. The molecule has 5 nitrogen and oxygen atoms in total. The largest absolute Gasteiger partial charge is 0.398 e. The molecule has 0 bridgehead atoms. The molecule has 18 heavy (non-hydrogen) atoms. The van der Waals surface area contributed by atoms with E-state index in [-0.39, 0.29) is 0 Å². The number of benzene rings is 1. The highest BCUT2D eigenvalue weighted by Crippen LogP contribution is 2.25. The standard InChI is InChI=1S/C12H10BrN5/c1-7-2-5-11-15-16-12(18(11)17-7)8-3-4-9(13)10(14)6-8/h2-6H,14H2,1H3. The third kappa shape index (κ3) is 1.74. The highest BCUT2D eigenvalue weighted by atomic mass is 79.9. The van der Waals surface area contributed by atoms with Crippen molar-refractivity contribution >= 4 is 27.3 Å². The second-order valence-corrected chi connectivity index (χ2v) is 4.86. The summed E-state index contributed by atoms with van der Waals surface area (Å²) < 4.78 is 2.59. The predicted molar refractivity (Wildman–Crippen MR) is 73.1 cm³/mol. The first kappa shape index (κ1) is 11.2. The van der Waals surface area contributed by atoms with Crippen molar-refractivity contribution in [1.82, 2.24) is 19.8 Å². The molecule has 90 valence electrons. The Kier molecular flexibility index (Phi) is 2.52. The van der Waals surface area contributed by atoms with Gasteiger partial charge in [0.2, 0.25) is 0 Å². The van der Waals surface area contributed by atoms with Gasteiger partial charge in [-0.25, -0.2) is 0 Å². The Balaban J connectivity index is 2.24. The number of hydrogen-bond acceptors (Lipinski definition) is 4. The van der Waals surface area contributed by atoms with E-state index in [1.54, 1.807) is 4.52 Å². The quantitative estimate of drug-likeness (QED) is 0.701. The van der Waals surface area contributed by atoms with Crippen molar-refractivity contribution in [2.75, 3.05) is 5.73 Å². The van der Waals surface area contributed by atoms with E-state index in [0.717, 1.165) is 21.4 Å². The zero-order valence-electron chi connectivity index (χ0n) is 9.63. The highest BCUT2D eigenvalue weighted by molar-refractivity contribution is 9.10. The van der Waals surface area contributed by atoms with Gasteiger partial charge in [-0.3, -0.25) is 0 Å². The van der Waals surface area contributed by atoms with Crippen molar-refractivity contribution in [1.29, 1.82) is 0 Å². The number of hydrogen-bond donors (Lipinski definition) is 1. The average Bonchev–Trinajstić information content (AvgIpc) is 2.75. The summed E-state index contributed by atoms with van der Waals surface area (Å²) in [5.41, 5.74) is 9.06. The number of halogens is 1. The van der Waals surface area contributed by atoms with Crippen molar-refractivity contribution in [3.8, 4) is 11.4 Å². The molecule has 0 saturated heterocycles. The van der Waals surface area contributed by atoms with Crippen LogP contribution >= 0.6 is 15.9 Å². The van der Waals surface area contributed by atoms with E-state index < -0.39 is 0 Å².